The van der Waals surface area contributed by atoms with Crippen molar-refractivity contribution in [3.63, 3.8) is 0 Å². The number of carbonyl (C=O) groups is 1. The van der Waals surface area contributed by atoms with E-state index in [1.165, 1.54) is 36.5 Å². The molecule has 30 heavy (non-hydrogen) atoms. The third-order valence-electron chi connectivity index (χ3n) is 3.95. The molecule has 3 aromatic rings. The summed E-state index contributed by atoms with van der Waals surface area (Å²) < 4.78 is 32.2. The van der Waals surface area contributed by atoms with Gasteiger partial charge in [-0.15, -0.1) is 3.97 Å². The minimum absolute atomic E-state index is 0.0148. The van der Waals surface area contributed by atoms with Crippen molar-refractivity contribution in [1.82, 2.24) is 13.5 Å². The maximum atomic E-state index is 13.1. The molecule has 3 rings (SSSR count). The zero-order valence-electron chi connectivity index (χ0n) is 16.3. The fourth-order valence-corrected chi connectivity index (χ4v) is 4.23. The van der Waals surface area contributed by atoms with E-state index >= 15 is 0 Å². The molecule has 0 amide bonds. The maximum Gasteiger partial charge on any atom is 0.346 e. The number of rotatable bonds is 4. The molecule has 0 spiro atoms. The van der Waals surface area contributed by atoms with Gasteiger partial charge in [-0.05, 0) is 51.1 Å². The molecule has 0 bridgehead atoms. The summed E-state index contributed by atoms with van der Waals surface area (Å²) in [5, 5.41) is 0.0992. The molecule has 0 fully saturated rings. The normalized spacial score (nSPS) is 12.1. The number of hydrogen-bond acceptors (Lipinski definition) is 7. The summed E-state index contributed by atoms with van der Waals surface area (Å²) in [5.74, 6) is -0.783. The van der Waals surface area contributed by atoms with Gasteiger partial charge in [0.1, 0.15) is 17.0 Å². The Morgan fingerprint density at radius 2 is 1.90 bits per heavy atom. The first-order chi connectivity index (χ1) is 13.9. The lowest BCUT2D eigenvalue weighted by Gasteiger charge is -2.20. The zero-order chi connectivity index (χ0) is 22.3. The minimum Gasteiger partial charge on any atom is -0.459 e. The van der Waals surface area contributed by atoms with Crippen molar-refractivity contribution in [2.75, 3.05) is 0 Å². The fraction of sp³-hybridized carbons (Fsp3) is 0.263. The molecule has 0 N–H and O–H groups in total. The highest BCUT2D eigenvalue weighted by Crippen LogP contribution is 2.18. The van der Waals surface area contributed by atoms with E-state index in [-0.39, 0.29) is 24.8 Å². The van der Waals surface area contributed by atoms with Crippen LogP contribution in [-0.4, -0.2) is 33.5 Å². The number of ether oxygens (including phenoxy) is 1. The smallest absolute Gasteiger partial charge is 0.346 e. The van der Waals surface area contributed by atoms with Crippen molar-refractivity contribution in [1.29, 1.82) is 0 Å². The van der Waals surface area contributed by atoms with Crippen molar-refractivity contribution >= 4 is 38.5 Å². The molecule has 0 aliphatic carbocycles. The van der Waals surface area contributed by atoms with E-state index in [1.54, 1.807) is 20.8 Å². The number of esters is 1. The summed E-state index contributed by atoms with van der Waals surface area (Å²) in [6.45, 7) is 4.33. The first kappa shape index (κ1) is 21.7. The van der Waals surface area contributed by atoms with E-state index in [9.17, 15) is 22.8 Å². The Morgan fingerprint density at radius 1 is 1.20 bits per heavy atom. The van der Waals surface area contributed by atoms with Crippen LogP contribution < -0.4 is 11.2 Å². The average Bonchev–Trinajstić information content (AvgIpc) is 2.64. The van der Waals surface area contributed by atoms with E-state index in [1.807, 2.05) is 0 Å². The van der Waals surface area contributed by atoms with Crippen molar-refractivity contribution in [2.45, 2.75) is 37.8 Å². The molecular formula is C19H18ClN3O6S. The number of carbonyl (C=O) groups excluding carboxylic acids is 1. The van der Waals surface area contributed by atoms with Gasteiger partial charge < -0.3 is 4.74 Å². The van der Waals surface area contributed by atoms with Gasteiger partial charge in [-0.3, -0.25) is 19.1 Å². The molecule has 2 aromatic heterocycles. The van der Waals surface area contributed by atoms with Crippen molar-refractivity contribution in [2.24, 2.45) is 0 Å². The van der Waals surface area contributed by atoms with Crippen LogP contribution in [0.4, 0.5) is 0 Å². The summed E-state index contributed by atoms with van der Waals surface area (Å²) in [6, 6.07) is 6.55. The Balaban J connectivity index is 2.33. The summed E-state index contributed by atoms with van der Waals surface area (Å²) >= 11 is 6.00. The molecule has 0 unspecified atom stereocenters. The van der Waals surface area contributed by atoms with Crippen LogP contribution >= 0.6 is 11.6 Å². The molecule has 0 aliphatic heterocycles. The Hall–Kier alpha value is -2.98. The number of fused-ring (bicyclic) bond motifs is 1. The third kappa shape index (κ3) is 4.14. The summed E-state index contributed by atoms with van der Waals surface area (Å²) in [6.07, 6.45) is 2.37. The monoisotopic (exact) mass is 451 g/mol. The van der Waals surface area contributed by atoms with Gasteiger partial charge in [0, 0.05) is 17.4 Å². The van der Waals surface area contributed by atoms with Gasteiger partial charge in [-0.2, -0.15) is 0 Å². The predicted octanol–water partition coefficient (Wildman–Crippen LogP) is 1.79. The second-order valence-electron chi connectivity index (χ2n) is 7.38. The second-order valence-corrected chi connectivity index (χ2v) is 9.60. The van der Waals surface area contributed by atoms with Gasteiger partial charge in [-0.25, -0.2) is 13.2 Å². The Bertz CT molecular complexity index is 1360. The van der Waals surface area contributed by atoms with Gasteiger partial charge in [0.15, 0.2) is 0 Å². The second kappa shape index (κ2) is 7.69. The largest absolute Gasteiger partial charge is 0.459 e. The minimum atomic E-state index is -4.57. The Labute approximate surface area is 176 Å². The van der Waals surface area contributed by atoms with Crippen LogP contribution in [0.15, 0.2) is 57.2 Å². The number of pyridine rings is 1. The van der Waals surface area contributed by atoms with Crippen molar-refractivity contribution in [3.05, 3.63) is 68.6 Å². The van der Waals surface area contributed by atoms with Crippen LogP contribution in [0, 0.1) is 0 Å². The first-order valence-corrected chi connectivity index (χ1v) is 10.6. The van der Waals surface area contributed by atoms with E-state index in [0.29, 0.717) is 0 Å². The number of nitrogens with zero attached hydrogens (tertiary/aromatic N) is 3. The molecule has 0 radical (unpaired) electrons. The van der Waals surface area contributed by atoms with Gasteiger partial charge in [0.25, 0.3) is 15.6 Å². The van der Waals surface area contributed by atoms with E-state index < -0.39 is 39.4 Å². The molecule has 0 atom stereocenters. The fourth-order valence-electron chi connectivity index (χ4n) is 2.79. The molecule has 9 nitrogen and oxygen atoms in total. The van der Waals surface area contributed by atoms with Gasteiger partial charge in [-0.1, -0.05) is 11.6 Å². The van der Waals surface area contributed by atoms with E-state index in [4.69, 9.17) is 16.3 Å². The van der Waals surface area contributed by atoms with Crippen LogP contribution in [0.5, 0.6) is 0 Å². The van der Waals surface area contributed by atoms with Gasteiger partial charge >= 0.3 is 11.7 Å². The van der Waals surface area contributed by atoms with Crippen molar-refractivity contribution < 1.29 is 17.9 Å². The lowest BCUT2D eigenvalue weighted by molar-refractivity contribution is -0.155. The van der Waals surface area contributed by atoms with Crippen LogP contribution in [0.1, 0.15) is 20.8 Å². The standard InChI is InChI=1S/C19H18ClN3O6S/c1-19(2,3)29-16(24)11-22-15-9-12(20)6-7-14(15)17(25)23(18(22)26)30(27,28)13-5-4-8-21-10-13/h4-10H,11H2,1-3H3. The van der Waals surface area contributed by atoms with Crippen LogP contribution in [0.25, 0.3) is 10.9 Å². The highest BCUT2D eigenvalue weighted by molar-refractivity contribution is 7.89. The van der Waals surface area contributed by atoms with E-state index in [0.717, 1.165) is 10.8 Å². The molecule has 1 aromatic carbocycles. The molecule has 158 valence electrons. The number of aromatic nitrogens is 3. The van der Waals surface area contributed by atoms with Crippen molar-refractivity contribution in [3.8, 4) is 0 Å². The number of halogens is 1. The molecule has 11 heteroatoms. The topological polar surface area (TPSA) is 117 Å². The number of benzene rings is 1. The van der Waals surface area contributed by atoms with Crippen LogP contribution in [0.3, 0.4) is 0 Å². The average molecular weight is 452 g/mol. The summed E-state index contributed by atoms with van der Waals surface area (Å²) in [4.78, 5) is 41.8. The lowest BCUT2D eigenvalue weighted by Crippen LogP contribution is -2.45. The quantitative estimate of drug-likeness (QED) is 0.555. The highest BCUT2D eigenvalue weighted by Gasteiger charge is 2.27. The lowest BCUT2D eigenvalue weighted by atomic mass is 10.2. The Kier molecular flexibility index (Phi) is 5.57. The van der Waals surface area contributed by atoms with Gasteiger partial charge in [0.2, 0.25) is 0 Å². The summed E-state index contributed by atoms with van der Waals surface area (Å²) in [5.41, 5.74) is -3.09. The maximum absolute atomic E-state index is 13.1. The van der Waals surface area contributed by atoms with E-state index in [2.05, 4.69) is 4.98 Å². The molecular weight excluding hydrogens is 434 g/mol. The SMILES string of the molecule is CC(C)(C)OC(=O)Cn1c(=O)n(S(=O)(=O)c2cccnc2)c(=O)c2ccc(Cl)cc21. The third-order valence-corrected chi connectivity index (χ3v) is 5.82. The molecule has 0 saturated carbocycles. The molecule has 0 aliphatic rings. The molecule has 2 heterocycles. The first-order valence-electron chi connectivity index (χ1n) is 8.74. The highest BCUT2D eigenvalue weighted by atomic mass is 35.5. The van der Waals surface area contributed by atoms with Crippen LogP contribution in [-0.2, 0) is 26.1 Å². The van der Waals surface area contributed by atoms with Gasteiger partial charge in [0.05, 0.1) is 10.9 Å². The Morgan fingerprint density at radius 3 is 2.50 bits per heavy atom. The summed E-state index contributed by atoms with van der Waals surface area (Å²) in [7, 11) is -4.57. The molecule has 0 saturated heterocycles. The van der Waals surface area contributed by atoms with Crippen LogP contribution in [0.2, 0.25) is 5.02 Å². The zero-order valence-corrected chi connectivity index (χ0v) is 17.9. The predicted molar refractivity (Wildman–Crippen MR) is 110 cm³/mol. The number of hydrogen-bond donors (Lipinski definition) is 0.